The summed E-state index contributed by atoms with van der Waals surface area (Å²) in [6.07, 6.45) is 4.37. The third-order valence-corrected chi connectivity index (χ3v) is 4.66. The van der Waals surface area contributed by atoms with E-state index in [2.05, 4.69) is 5.32 Å². The number of benzene rings is 2. The Morgan fingerprint density at radius 3 is 2.71 bits per heavy atom. The molecule has 0 fully saturated rings. The summed E-state index contributed by atoms with van der Waals surface area (Å²) in [5.74, 6) is 1.51. The summed E-state index contributed by atoms with van der Waals surface area (Å²) in [5, 5.41) is 2.92. The number of carbonyl (C=O) groups excluding carboxylic acids is 1. The molecule has 0 spiro atoms. The zero-order valence-electron chi connectivity index (χ0n) is 17.0. The van der Waals surface area contributed by atoms with E-state index in [9.17, 15) is 4.79 Å². The zero-order chi connectivity index (χ0) is 20.1. The summed E-state index contributed by atoms with van der Waals surface area (Å²) < 4.78 is 11.6. The van der Waals surface area contributed by atoms with E-state index in [-0.39, 0.29) is 12.0 Å². The molecule has 0 bridgehead atoms. The predicted octanol–water partition coefficient (Wildman–Crippen LogP) is 3.80. The second-order valence-corrected chi connectivity index (χ2v) is 7.18. The lowest BCUT2D eigenvalue weighted by Crippen LogP contribution is -2.20. The number of fused-ring (bicyclic) bond motifs is 1. The van der Waals surface area contributed by atoms with Gasteiger partial charge in [0.2, 0.25) is 5.91 Å². The number of nitrogens with zero attached hydrogens (tertiary/aromatic N) is 1. The van der Waals surface area contributed by atoms with Gasteiger partial charge >= 0.3 is 0 Å². The van der Waals surface area contributed by atoms with Gasteiger partial charge in [0.15, 0.2) is 0 Å². The van der Waals surface area contributed by atoms with Crippen molar-refractivity contribution in [2.45, 2.75) is 32.9 Å². The molecule has 5 heteroatoms. The second-order valence-electron chi connectivity index (χ2n) is 7.18. The lowest BCUT2D eigenvalue weighted by Gasteiger charge is -2.12. The number of anilines is 1. The number of carbonyl (C=O) groups is 1. The fraction of sp³-hybridized carbons (Fsp3) is 0.348. The van der Waals surface area contributed by atoms with E-state index in [0.717, 1.165) is 40.3 Å². The highest BCUT2D eigenvalue weighted by atomic mass is 16.5. The first-order valence-corrected chi connectivity index (χ1v) is 9.64. The smallest absolute Gasteiger partial charge is 0.244 e. The van der Waals surface area contributed by atoms with Crippen molar-refractivity contribution in [1.82, 2.24) is 5.32 Å². The van der Waals surface area contributed by atoms with Crippen LogP contribution in [0.2, 0.25) is 0 Å². The van der Waals surface area contributed by atoms with Gasteiger partial charge in [-0.25, -0.2) is 0 Å². The summed E-state index contributed by atoms with van der Waals surface area (Å²) in [7, 11) is 4.01. The Bertz CT molecular complexity index is 857. The number of nitrogens with one attached hydrogen (secondary N) is 1. The van der Waals surface area contributed by atoms with Crippen LogP contribution in [0.25, 0.3) is 6.08 Å². The number of hydrogen-bond donors (Lipinski definition) is 1. The van der Waals surface area contributed by atoms with Crippen LogP contribution in [0.1, 0.15) is 30.5 Å². The average molecular weight is 380 g/mol. The molecular formula is C23H28N2O3. The van der Waals surface area contributed by atoms with Crippen LogP contribution < -0.4 is 19.7 Å². The van der Waals surface area contributed by atoms with E-state index >= 15 is 0 Å². The van der Waals surface area contributed by atoms with Crippen LogP contribution in [0.15, 0.2) is 42.5 Å². The molecular weight excluding hydrogens is 352 g/mol. The molecule has 1 amide bonds. The van der Waals surface area contributed by atoms with Crippen LogP contribution in [-0.4, -0.2) is 32.7 Å². The fourth-order valence-electron chi connectivity index (χ4n) is 3.19. The SMILES string of the molecule is CCOc1cc2c(cc1/C=C/C(=O)NCc1ccc(N(C)C)cc1)O[C@@H](C)C2. The minimum atomic E-state index is -0.145. The molecule has 148 valence electrons. The molecule has 28 heavy (non-hydrogen) atoms. The molecule has 1 aliphatic heterocycles. The molecule has 0 saturated carbocycles. The van der Waals surface area contributed by atoms with Crippen molar-refractivity contribution in [3.63, 3.8) is 0 Å². The molecule has 0 aliphatic carbocycles. The molecule has 1 aliphatic rings. The highest BCUT2D eigenvalue weighted by Crippen LogP contribution is 2.35. The van der Waals surface area contributed by atoms with Crippen LogP contribution in [0.3, 0.4) is 0 Å². The first kappa shape index (κ1) is 19.8. The van der Waals surface area contributed by atoms with Gasteiger partial charge in [0.25, 0.3) is 0 Å². The van der Waals surface area contributed by atoms with E-state index in [0.29, 0.717) is 13.2 Å². The summed E-state index contributed by atoms with van der Waals surface area (Å²) in [6, 6.07) is 12.1. The van der Waals surface area contributed by atoms with Crippen molar-refractivity contribution in [2.24, 2.45) is 0 Å². The third kappa shape index (κ3) is 4.85. The molecule has 1 N–H and O–H groups in total. The van der Waals surface area contributed by atoms with Crippen LogP contribution in [-0.2, 0) is 17.8 Å². The first-order valence-electron chi connectivity index (χ1n) is 9.64. The maximum atomic E-state index is 12.2. The molecule has 2 aromatic rings. The Morgan fingerprint density at radius 2 is 2.04 bits per heavy atom. The van der Waals surface area contributed by atoms with Gasteiger partial charge in [-0.15, -0.1) is 0 Å². The van der Waals surface area contributed by atoms with Crippen molar-refractivity contribution in [3.05, 3.63) is 59.2 Å². The van der Waals surface area contributed by atoms with Crippen molar-refractivity contribution in [1.29, 1.82) is 0 Å². The summed E-state index contributed by atoms with van der Waals surface area (Å²) in [6.45, 7) is 5.06. The molecule has 5 nitrogen and oxygen atoms in total. The molecule has 2 aromatic carbocycles. The van der Waals surface area contributed by atoms with Crippen molar-refractivity contribution in [3.8, 4) is 11.5 Å². The summed E-state index contributed by atoms with van der Waals surface area (Å²) in [5.41, 5.74) is 4.19. The van der Waals surface area contributed by atoms with Gasteiger partial charge in [-0.05, 0) is 49.8 Å². The van der Waals surface area contributed by atoms with Crippen molar-refractivity contribution < 1.29 is 14.3 Å². The number of hydrogen-bond acceptors (Lipinski definition) is 4. The Labute approximate surface area is 167 Å². The molecule has 0 unspecified atom stereocenters. The third-order valence-electron chi connectivity index (χ3n) is 4.66. The van der Waals surface area contributed by atoms with Gasteiger partial charge in [-0.2, -0.15) is 0 Å². The van der Waals surface area contributed by atoms with Crippen LogP contribution in [0.5, 0.6) is 11.5 Å². The lowest BCUT2D eigenvalue weighted by molar-refractivity contribution is -0.116. The number of amides is 1. The monoisotopic (exact) mass is 380 g/mol. The average Bonchev–Trinajstić information content (AvgIpc) is 3.03. The zero-order valence-corrected chi connectivity index (χ0v) is 17.0. The van der Waals surface area contributed by atoms with Gasteiger partial charge in [0.1, 0.15) is 17.6 Å². The second kappa shape index (κ2) is 8.83. The summed E-state index contributed by atoms with van der Waals surface area (Å²) in [4.78, 5) is 14.3. The quantitative estimate of drug-likeness (QED) is 0.742. The van der Waals surface area contributed by atoms with Crippen molar-refractivity contribution in [2.75, 3.05) is 25.6 Å². The van der Waals surface area contributed by atoms with Gasteiger partial charge < -0.3 is 19.7 Å². The normalized spacial score (nSPS) is 15.2. The Kier molecular flexibility index (Phi) is 6.24. The maximum Gasteiger partial charge on any atom is 0.244 e. The highest BCUT2D eigenvalue weighted by Gasteiger charge is 2.21. The van der Waals surface area contributed by atoms with E-state index in [4.69, 9.17) is 9.47 Å². The standard InChI is InChI=1S/C23H28N2O3/c1-5-27-21-14-19-12-16(2)28-22(19)13-18(21)8-11-23(26)24-15-17-6-9-20(10-7-17)25(3)4/h6-11,13-14,16H,5,12,15H2,1-4H3,(H,24,26)/b11-8+/t16-/m0/s1. The molecule has 3 rings (SSSR count). The fourth-order valence-corrected chi connectivity index (χ4v) is 3.19. The Hall–Kier alpha value is -2.95. The van der Waals surface area contributed by atoms with E-state index in [1.807, 2.05) is 69.2 Å². The highest BCUT2D eigenvalue weighted by molar-refractivity contribution is 5.92. The predicted molar refractivity (Wildman–Crippen MR) is 113 cm³/mol. The molecule has 0 radical (unpaired) electrons. The minimum absolute atomic E-state index is 0.145. The Morgan fingerprint density at radius 1 is 1.29 bits per heavy atom. The van der Waals surface area contributed by atoms with Gasteiger partial charge in [-0.3, -0.25) is 4.79 Å². The van der Waals surface area contributed by atoms with Gasteiger partial charge in [0, 0.05) is 50.0 Å². The van der Waals surface area contributed by atoms with Gasteiger partial charge in [0.05, 0.1) is 6.61 Å². The summed E-state index contributed by atoms with van der Waals surface area (Å²) >= 11 is 0. The lowest BCUT2D eigenvalue weighted by atomic mass is 10.1. The van der Waals surface area contributed by atoms with Crippen LogP contribution >= 0.6 is 0 Å². The molecule has 1 heterocycles. The Balaban J connectivity index is 1.64. The van der Waals surface area contributed by atoms with Crippen molar-refractivity contribution >= 4 is 17.7 Å². The van der Waals surface area contributed by atoms with E-state index in [1.165, 1.54) is 6.08 Å². The molecule has 0 aromatic heterocycles. The topological polar surface area (TPSA) is 50.8 Å². The molecule has 1 atom stereocenters. The minimum Gasteiger partial charge on any atom is -0.493 e. The number of ether oxygens (including phenoxy) is 2. The molecule has 0 saturated heterocycles. The van der Waals surface area contributed by atoms with Crippen LogP contribution in [0.4, 0.5) is 5.69 Å². The van der Waals surface area contributed by atoms with Crippen LogP contribution in [0, 0.1) is 0 Å². The number of rotatable bonds is 7. The van der Waals surface area contributed by atoms with Gasteiger partial charge in [-0.1, -0.05) is 12.1 Å². The van der Waals surface area contributed by atoms with E-state index < -0.39 is 0 Å². The van der Waals surface area contributed by atoms with E-state index in [1.54, 1.807) is 6.08 Å². The first-order chi connectivity index (χ1) is 13.5. The maximum absolute atomic E-state index is 12.2. The largest absolute Gasteiger partial charge is 0.493 e.